The third-order valence-corrected chi connectivity index (χ3v) is 2.29. The van der Waals surface area contributed by atoms with Crippen LogP contribution in [-0.2, 0) is 4.74 Å². The minimum Gasteiger partial charge on any atom is -0.491 e. The Bertz CT molecular complexity index is 361. The summed E-state index contributed by atoms with van der Waals surface area (Å²) in [5, 5.41) is 1.10. The SMILES string of the molecule is Clc1cc(Cl)cc(OCC2CO[C]=N2)c1. The Morgan fingerprint density at radius 3 is 2.73 bits per heavy atom. The van der Waals surface area contributed by atoms with E-state index in [4.69, 9.17) is 32.7 Å². The van der Waals surface area contributed by atoms with Crippen molar-refractivity contribution >= 4 is 29.6 Å². The maximum Gasteiger partial charge on any atom is 0.273 e. The molecule has 1 aliphatic heterocycles. The van der Waals surface area contributed by atoms with Crippen LogP contribution in [0.25, 0.3) is 0 Å². The molecule has 0 bridgehead atoms. The standard InChI is InChI=1S/C10H8Cl2NO2/c11-7-1-8(12)3-10(2-7)15-5-9-4-14-6-13-9/h1-3,9H,4-5H2. The zero-order valence-electron chi connectivity index (χ0n) is 7.74. The first-order chi connectivity index (χ1) is 7.24. The highest BCUT2D eigenvalue weighted by molar-refractivity contribution is 6.34. The lowest BCUT2D eigenvalue weighted by Crippen LogP contribution is -2.17. The molecule has 0 saturated heterocycles. The van der Waals surface area contributed by atoms with E-state index in [2.05, 4.69) is 11.4 Å². The molecule has 2 rings (SSSR count). The molecule has 1 atom stereocenters. The third kappa shape index (κ3) is 3.01. The largest absolute Gasteiger partial charge is 0.491 e. The van der Waals surface area contributed by atoms with Crippen molar-refractivity contribution in [2.75, 3.05) is 13.2 Å². The molecule has 0 spiro atoms. The number of nitrogens with zero attached hydrogens (tertiary/aromatic N) is 1. The summed E-state index contributed by atoms with van der Waals surface area (Å²) in [6.45, 7) is 0.942. The maximum atomic E-state index is 5.82. The molecule has 0 saturated carbocycles. The zero-order valence-corrected chi connectivity index (χ0v) is 9.26. The minimum atomic E-state index is 0.00255. The van der Waals surface area contributed by atoms with Crippen LogP contribution >= 0.6 is 23.2 Å². The average Bonchev–Trinajstić information content (AvgIpc) is 2.65. The van der Waals surface area contributed by atoms with E-state index in [9.17, 15) is 0 Å². The van der Waals surface area contributed by atoms with Crippen LogP contribution in [0.4, 0.5) is 0 Å². The maximum absolute atomic E-state index is 5.82. The van der Waals surface area contributed by atoms with Gasteiger partial charge in [-0.3, -0.25) is 0 Å². The van der Waals surface area contributed by atoms with E-state index < -0.39 is 0 Å². The first kappa shape index (κ1) is 10.6. The molecular formula is C10H8Cl2NO2. The lowest BCUT2D eigenvalue weighted by atomic mass is 10.3. The summed E-state index contributed by atoms with van der Waals surface area (Å²) in [7, 11) is 0. The number of aliphatic imine (C=N–C) groups is 1. The second-order valence-electron chi connectivity index (χ2n) is 3.10. The second kappa shape index (κ2) is 4.73. The van der Waals surface area contributed by atoms with Gasteiger partial charge in [0.1, 0.15) is 25.0 Å². The molecule has 1 radical (unpaired) electrons. The molecule has 0 aromatic heterocycles. The molecule has 15 heavy (non-hydrogen) atoms. The van der Waals surface area contributed by atoms with E-state index in [1.54, 1.807) is 18.2 Å². The molecule has 0 aliphatic carbocycles. The van der Waals surface area contributed by atoms with Gasteiger partial charge in [-0.05, 0) is 18.2 Å². The molecule has 79 valence electrons. The number of hydrogen-bond donors (Lipinski definition) is 0. The Morgan fingerprint density at radius 1 is 1.40 bits per heavy atom. The number of ether oxygens (including phenoxy) is 2. The van der Waals surface area contributed by atoms with Gasteiger partial charge in [0.05, 0.1) is 0 Å². The van der Waals surface area contributed by atoms with E-state index in [0.29, 0.717) is 29.0 Å². The van der Waals surface area contributed by atoms with Crippen molar-refractivity contribution in [3.05, 3.63) is 28.2 Å². The fourth-order valence-corrected chi connectivity index (χ4v) is 1.68. The number of rotatable bonds is 3. The van der Waals surface area contributed by atoms with Crippen LogP contribution in [-0.4, -0.2) is 25.7 Å². The Balaban J connectivity index is 1.95. The van der Waals surface area contributed by atoms with Gasteiger partial charge in [-0.15, -0.1) is 0 Å². The van der Waals surface area contributed by atoms with E-state index in [-0.39, 0.29) is 6.04 Å². The molecule has 0 amide bonds. The summed E-state index contributed by atoms with van der Waals surface area (Å²) >= 11 is 11.6. The average molecular weight is 245 g/mol. The quantitative estimate of drug-likeness (QED) is 0.819. The van der Waals surface area contributed by atoms with Gasteiger partial charge in [0.2, 0.25) is 0 Å². The van der Waals surface area contributed by atoms with Gasteiger partial charge in [-0.25, -0.2) is 4.99 Å². The Morgan fingerprint density at radius 2 is 2.13 bits per heavy atom. The second-order valence-corrected chi connectivity index (χ2v) is 3.97. The van der Waals surface area contributed by atoms with Crippen LogP contribution in [0, 0.1) is 0 Å². The third-order valence-electron chi connectivity index (χ3n) is 1.85. The summed E-state index contributed by atoms with van der Waals surface area (Å²) < 4.78 is 10.3. The molecule has 3 nitrogen and oxygen atoms in total. The molecule has 5 heteroatoms. The fraction of sp³-hybridized carbons (Fsp3) is 0.300. The van der Waals surface area contributed by atoms with Crippen molar-refractivity contribution in [3.63, 3.8) is 0 Å². The summed E-state index contributed by atoms with van der Waals surface area (Å²) in [4.78, 5) is 3.93. The highest BCUT2D eigenvalue weighted by atomic mass is 35.5. The Hall–Kier alpha value is -0.930. The van der Waals surface area contributed by atoms with Crippen molar-refractivity contribution in [2.45, 2.75) is 6.04 Å². The van der Waals surface area contributed by atoms with E-state index >= 15 is 0 Å². The summed E-state index contributed by atoms with van der Waals surface area (Å²) in [6.07, 6.45) is 2.42. The van der Waals surface area contributed by atoms with Gasteiger partial charge < -0.3 is 9.47 Å². The normalized spacial score (nSPS) is 18.9. The van der Waals surface area contributed by atoms with Gasteiger partial charge in [0.25, 0.3) is 6.40 Å². The lowest BCUT2D eigenvalue weighted by Gasteiger charge is -2.09. The van der Waals surface area contributed by atoms with Gasteiger partial charge in [-0.2, -0.15) is 0 Å². The Labute approximate surface area is 97.6 Å². The molecule has 1 aromatic carbocycles. The van der Waals surface area contributed by atoms with Crippen LogP contribution in [0.5, 0.6) is 5.75 Å². The number of hydrogen-bond acceptors (Lipinski definition) is 3. The zero-order chi connectivity index (χ0) is 10.7. The summed E-state index contributed by atoms with van der Waals surface area (Å²) in [5.74, 6) is 0.634. The Kier molecular flexibility index (Phi) is 3.34. The van der Waals surface area contributed by atoms with E-state index in [1.165, 1.54) is 0 Å². The number of benzene rings is 1. The van der Waals surface area contributed by atoms with E-state index in [1.807, 2.05) is 0 Å². The fourth-order valence-electron chi connectivity index (χ4n) is 1.17. The number of halogens is 2. The van der Waals surface area contributed by atoms with Crippen LogP contribution in [0.15, 0.2) is 23.2 Å². The predicted molar refractivity (Wildman–Crippen MR) is 59.1 cm³/mol. The smallest absolute Gasteiger partial charge is 0.273 e. The summed E-state index contributed by atoms with van der Waals surface area (Å²) in [5.41, 5.74) is 0. The predicted octanol–water partition coefficient (Wildman–Crippen LogP) is 2.68. The minimum absolute atomic E-state index is 0.00255. The van der Waals surface area contributed by atoms with Gasteiger partial charge in [0, 0.05) is 10.0 Å². The van der Waals surface area contributed by atoms with Crippen molar-refractivity contribution < 1.29 is 9.47 Å². The van der Waals surface area contributed by atoms with E-state index in [0.717, 1.165) is 0 Å². The van der Waals surface area contributed by atoms with Crippen molar-refractivity contribution in [1.82, 2.24) is 0 Å². The monoisotopic (exact) mass is 244 g/mol. The van der Waals surface area contributed by atoms with Crippen molar-refractivity contribution in [3.8, 4) is 5.75 Å². The highest BCUT2D eigenvalue weighted by Gasteiger charge is 2.13. The molecule has 1 unspecified atom stereocenters. The molecule has 0 fully saturated rings. The molecular weight excluding hydrogens is 237 g/mol. The summed E-state index contributed by atoms with van der Waals surface area (Å²) in [6, 6.07) is 5.07. The first-order valence-corrected chi connectivity index (χ1v) is 5.15. The van der Waals surface area contributed by atoms with Crippen LogP contribution in [0.2, 0.25) is 10.0 Å². The molecule has 1 aliphatic rings. The van der Waals surface area contributed by atoms with Gasteiger partial charge >= 0.3 is 0 Å². The van der Waals surface area contributed by atoms with Crippen LogP contribution in [0.3, 0.4) is 0 Å². The lowest BCUT2D eigenvalue weighted by molar-refractivity contribution is 0.246. The van der Waals surface area contributed by atoms with Crippen molar-refractivity contribution in [2.24, 2.45) is 4.99 Å². The molecule has 1 heterocycles. The molecule has 0 N–H and O–H groups in total. The van der Waals surface area contributed by atoms with Crippen molar-refractivity contribution in [1.29, 1.82) is 0 Å². The van der Waals surface area contributed by atoms with Gasteiger partial charge in [0.15, 0.2) is 0 Å². The van der Waals surface area contributed by atoms with Crippen LogP contribution < -0.4 is 4.74 Å². The van der Waals surface area contributed by atoms with Crippen LogP contribution in [0.1, 0.15) is 0 Å². The highest BCUT2D eigenvalue weighted by Crippen LogP contribution is 2.24. The first-order valence-electron chi connectivity index (χ1n) is 4.39. The molecule has 1 aromatic rings. The topological polar surface area (TPSA) is 30.8 Å². The van der Waals surface area contributed by atoms with Gasteiger partial charge in [-0.1, -0.05) is 23.2 Å².